The Kier molecular flexibility index (Phi) is 5.17. The standard InChI is InChI=1S/C28H25N5O4S/c1-14-10-17-13-32(14)8-9-33-28(36)19-5-3-4-18(24(19)31-33)25-27(35)29-20-11-16(12-21(37-17)26(20)30-25)23-7-6-22(38-23)15(2)34/h3-7,11-12,14,17,31H,8-10,13H2,1-2H3,(H,29,35)/t14-,17?/m1/s1. The van der Waals surface area contributed by atoms with E-state index in [1.807, 2.05) is 24.3 Å². The topological polar surface area (TPSA) is 113 Å². The number of hydrogen-bond acceptors (Lipinski definition) is 7. The number of para-hydroxylation sites is 1. The molecule has 0 amide bonds. The maximum atomic E-state index is 13.4. The first-order chi connectivity index (χ1) is 18.4. The highest BCUT2D eigenvalue weighted by Crippen LogP contribution is 2.37. The number of carbonyl (C=O) groups is 1. The first-order valence-corrected chi connectivity index (χ1v) is 13.5. The molecule has 5 aromatic rings. The molecule has 38 heavy (non-hydrogen) atoms. The van der Waals surface area contributed by atoms with Crippen LogP contribution in [-0.2, 0) is 6.54 Å². The van der Waals surface area contributed by atoms with E-state index in [-0.39, 0.29) is 34.7 Å². The predicted octanol–water partition coefficient (Wildman–Crippen LogP) is 4.02. The number of aromatic nitrogens is 4. The largest absolute Gasteiger partial charge is 0.487 e. The van der Waals surface area contributed by atoms with Crippen LogP contribution in [0, 0.1) is 0 Å². The van der Waals surface area contributed by atoms with E-state index in [0.717, 1.165) is 23.4 Å². The Balaban J connectivity index is 1.49. The smallest absolute Gasteiger partial charge is 0.275 e. The van der Waals surface area contributed by atoms with Crippen LogP contribution in [0.1, 0.15) is 29.9 Å². The van der Waals surface area contributed by atoms with Crippen LogP contribution in [0.25, 0.3) is 43.6 Å². The Hall–Kier alpha value is -4.02. The zero-order chi connectivity index (χ0) is 26.1. The first-order valence-electron chi connectivity index (χ1n) is 12.7. The molecule has 7 rings (SSSR count). The predicted molar refractivity (Wildman–Crippen MR) is 147 cm³/mol. The van der Waals surface area contributed by atoms with Gasteiger partial charge < -0.3 is 9.72 Å². The van der Waals surface area contributed by atoms with Crippen LogP contribution in [0.15, 0.2) is 52.1 Å². The SMILES string of the molecule is CC(=O)c1ccc(-c2cc3c4nc(c(=O)[nH]c4c2)-c2cccc4c(=O)n([nH]c24)CCN2CC(C[C@H]2C)O3)s1. The van der Waals surface area contributed by atoms with Crippen molar-refractivity contribution in [3.63, 3.8) is 0 Å². The van der Waals surface area contributed by atoms with Crippen molar-refractivity contribution in [3.05, 3.63) is 68.0 Å². The molecule has 1 fully saturated rings. The Morgan fingerprint density at radius 2 is 2.03 bits per heavy atom. The van der Waals surface area contributed by atoms with Crippen LogP contribution in [0.2, 0.25) is 0 Å². The summed E-state index contributed by atoms with van der Waals surface area (Å²) >= 11 is 1.41. The number of thiophene rings is 1. The molecular weight excluding hydrogens is 502 g/mol. The van der Waals surface area contributed by atoms with Crippen LogP contribution < -0.4 is 15.9 Å². The fraction of sp³-hybridized carbons (Fsp3) is 0.286. The zero-order valence-corrected chi connectivity index (χ0v) is 21.7. The minimum absolute atomic E-state index is 0.0146. The van der Waals surface area contributed by atoms with Crippen LogP contribution in [0.5, 0.6) is 5.75 Å². The van der Waals surface area contributed by atoms with Crippen LogP contribution >= 0.6 is 11.3 Å². The minimum Gasteiger partial charge on any atom is -0.487 e. The van der Waals surface area contributed by atoms with Crippen molar-refractivity contribution >= 4 is 39.1 Å². The molecule has 3 atom stereocenters. The molecule has 2 aromatic carbocycles. The average Bonchev–Trinajstić information content (AvgIpc) is 3.60. The second kappa shape index (κ2) is 8.50. The van der Waals surface area contributed by atoms with Gasteiger partial charge in [-0.2, -0.15) is 0 Å². The summed E-state index contributed by atoms with van der Waals surface area (Å²) < 4.78 is 8.22. The van der Waals surface area contributed by atoms with Crippen LogP contribution in [0.4, 0.5) is 0 Å². The molecule has 2 aliphatic rings. The van der Waals surface area contributed by atoms with Crippen LogP contribution in [-0.4, -0.2) is 55.7 Å². The van der Waals surface area contributed by atoms with E-state index in [4.69, 9.17) is 9.72 Å². The lowest BCUT2D eigenvalue weighted by Gasteiger charge is -2.21. The highest BCUT2D eigenvalue weighted by atomic mass is 32.1. The highest BCUT2D eigenvalue weighted by molar-refractivity contribution is 7.17. The minimum atomic E-state index is -0.356. The molecule has 2 aliphatic heterocycles. The Bertz CT molecular complexity index is 1880. The summed E-state index contributed by atoms with van der Waals surface area (Å²) in [4.78, 5) is 50.2. The summed E-state index contributed by atoms with van der Waals surface area (Å²) in [6.45, 7) is 5.65. The molecule has 0 aliphatic carbocycles. The van der Waals surface area contributed by atoms with Gasteiger partial charge in [0.15, 0.2) is 5.78 Å². The van der Waals surface area contributed by atoms with E-state index in [9.17, 15) is 14.4 Å². The lowest BCUT2D eigenvalue weighted by molar-refractivity contribution is 0.102. The Morgan fingerprint density at radius 1 is 1.16 bits per heavy atom. The molecule has 0 spiro atoms. The number of rotatable bonds is 2. The molecular formula is C28H25N5O4S. The van der Waals surface area contributed by atoms with Crippen molar-refractivity contribution in [2.24, 2.45) is 0 Å². The summed E-state index contributed by atoms with van der Waals surface area (Å²) in [6.07, 6.45) is 0.762. The number of H-pyrrole nitrogens is 2. The van der Waals surface area contributed by atoms with E-state index in [1.54, 1.807) is 29.8 Å². The van der Waals surface area contributed by atoms with E-state index >= 15 is 0 Å². The van der Waals surface area contributed by atoms with Crippen molar-refractivity contribution in [2.75, 3.05) is 13.1 Å². The molecule has 2 unspecified atom stereocenters. The van der Waals surface area contributed by atoms with Gasteiger partial charge in [0.1, 0.15) is 23.1 Å². The number of fused-ring (bicyclic) bond motifs is 5. The van der Waals surface area contributed by atoms with Crippen molar-refractivity contribution in [3.8, 4) is 27.4 Å². The number of nitrogens with one attached hydrogen (secondary N) is 2. The number of carbonyl (C=O) groups excluding carboxylic acids is 1. The number of hydrogen-bond donors (Lipinski definition) is 2. The van der Waals surface area contributed by atoms with Gasteiger partial charge in [-0.05, 0) is 49.7 Å². The average molecular weight is 528 g/mol. The molecule has 3 aromatic heterocycles. The zero-order valence-electron chi connectivity index (χ0n) is 20.9. The third-order valence-electron chi connectivity index (χ3n) is 7.61. The lowest BCUT2D eigenvalue weighted by atomic mass is 10.1. The summed E-state index contributed by atoms with van der Waals surface area (Å²) in [5, 5.41) is 3.77. The highest BCUT2D eigenvalue weighted by Gasteiger charge is 2.31. The van der Waals surface area contributed by atoms with Crippen molar-refractivity contribution in [2.45, 2.75) is 39.0 Å². The Morgan fingerprint density at radius 3 is 2.84 bits per heavy atom. The van der Waals surface area contributed by atoms with Crippen molar-refractivity contribution in [1.82, 2.24) is 24.6 Å². The van der Waals surface area contributed by atoms with E-state index in [1.165, 1.54) is 11.3 Å². The maximum absolute atomic E-state index is 13.4. The maximum Gasteiger partial charge on any atom is 0.275 e. The van der Waals surface area contributed by atoms with Gasteiger partial charge in [0, 0.05) is 36.0 Å². The van der Waals surface area contributed by atoms with E-state index in [0.29, 0.717) is 51.2 Å². The quantitative estimate of drug-likeness (QED) is 0.335. The molecule has 9 nitrogen and oxygen atoms in total. The molecule has 192 valence electrons. The third kappa shape index (κ3) is 3.63. The van der Waals surface area contributed by atoms with Crippen molar-refractivity contribution < 1.29 is 9.53 Å². The van der Waals surface area contributed by atoms with Gasteiger partial charge in [0.05, 0.1) is 27.8 Å². The number of aromatic amines is 2. The fourth-order valence-electron chi connectivity index (χ4n) is 5.65. The summed E-state index contributed by atoms with van der Waals surface area (Å²) in [5.74, 6) is 0.600. The normalized spacial score (nSPS) is 20.7. The fourth-order valence-corrected chi connectivity index (χ4v) is 6.54. The number of ketones is 1. The third-order valence-corrected chi connectivity index (χ3v) is 8.85. The summed E-state index contributed by atoms with van der Waals surface area (Å²) in [6, 6.07) is 13.2. The lowest BCUT2D eigenvalue weighted by Crippen LogP contribution is -2.33. The number of ether oxygens (including phenoxy) is 1. The van der Waals surface area contributed by atoms with Crippen LogP contribution in [0.3, 0.4) is 0 Å². The number of benzene rings is 2. The second-order valence-electron chi connectivity index (χ2n) is 10.1. The van der Waals surface area contributed by atoms with Crippen molar-refractivity contribution in [1.29, 1.82) is 0 Å². The van der Waals surface area contributed by atoms with Gasteiger partial charge in [-0.3, -0.25) is 29.1 Å². The molecule has 1 saturated heterocycles. The number of nitrogens with zero attached hydrogens (tertiary/aromatic N) is 3. The van der Waals surface area contributed by atoms with Gasteiger partial charge in [0.25, 0.3) is 11.1 Å². The molecule has 2 N–H and O–H groups in total. The summed E-state index contributed by atoms with van der Waals surface area (Å²) in [5.41, 5.74) is 2.87. The van der Waals surface area contributed by atoms with Gasteiger partial charge in [-0.15, -0.1) is 11.3 Å². The molecule has 6 bridgehead atoms. The number of Topliss-reactive ketones (excluding diaryl/α,β-unsaturated/α-hetero) is 1. The Labute approximate surface area is 220 Å². The first kappa shape index (κ1) is 23.1. The van der Waals surface area contributed by atoms with E-state index in [2.05, 4.69) is 21.9 Å². The van der Waals surface area contributed by atoms with Gasteiger partial charge >= 0.3 is 0 Å². The van der Waals surface area contributed by atoms with Gasteiger partial charge in [-0.1, -0.05) is 12.1 Å². The second-order valence-corrected chi connectivity index (χ2v) is 11.2. The molecule has 10 heteroatoms. The molecule has 0 saturated carbocycles. The molecule has 5 heterocycles. The summed E-state index contributed by atoms with van der Waals surface area (Å²) in [7, 11) is 0. The molecule has 0 radical (unpaired) electrons. The van der Waals surface area contributed by atoms with E-state index < -0.39 is 0 Å². The van der Waals surface area contributed by atoms with Gasteiger partial charge in [-0.25, -0.2) is 4.98 Å². The monoisotopic (exact) mass is 527 g/mol. The van der Waals surface area contributed by atoms with Gasteiger partial charge in [0.2, 0.25) is 0 Å².